The number of carbonyl (C=O) groups is 2. The topological polar surface area (TPSA) is 52.6 Å². The van der Waals surface area contributed by atoms with E-state index in [1.54, 1.807) is 20.8 Å². The number of ether oxygens (including phenoxy) is 2. The monoisotopic (exact) mass is 200 g/mol. The van der Waals surface area contributed by atoms with Crippen molar-refractivity contribution in [1.29, 1.82) is 0 Å². The van der Waals surface area contributed by atoms with Gasteiger partial charge in [-0.15, -0.1) is 0 Å². The van der Waals surface area contributed by atoms with E-state index in [0.29, 0.717) is 6.61 Å². The average Bonchev–Trinajstić information content (AvgIpc) is 2.03. The summed E-state index contributed by atoms with van der Waals surface area (Å²) in [6.45, 7) is 7.00. The Balaban J connectivity index is 4.13. The van der Waals surface area contributed by atoms with Gasteiger partial charge in [-0.3, -0.25) is 4.79 Å². The second kappa shape index (κ2) is 6.18. The van der Waals surface area contributed by atoms with Crippen LogP contribution in [-0.4, -0.2) is 18.5 Å². The average molecular weight is 200 g/mol. The SMILES string of the molecule is CCOC(=O)/C=C(\C)OC(=O)C(C)C. The van der Waals surface area contributed by atoms with Crippen LogP contribution in [0.15, 0.2) is 11.8 Å². The normalized spacial score (nSPS) is 11.4. The number of allylic oxidation sites excluding steroid dienone is 1. The molecule has 0 spiro atoms. The molecule has 4 heteroatoms. The quantitative estimate of drug-likeness (QED) is 0.393. The minimum atomic E-state index is -0.499. The zero-order chi connectivity index (χ0) is 11.1. The highest BCUT2D eigenvalue weighted by Gasteiger charge is 2.09. The third-order valence-corrected chi connectivity index (χ3v) is 1.34. The minimum absolute atomic E-state index is 0.208. The molecule has 0 aromatic rings. The van der Waals surface area contributed by atoms with E-state index in [9.17, 15) is 9.59 Å². The second-order valence-corrected chi connectivity index (χ2v) is 3.08. The molecule has 0 aliphatic rings. The molecule has 0 rings (SSSR count). The van der Waals surface area contributed by atoms with Crippen LogP contribution >= 0.6 is 0 Å². The van der Waals surface area contributed by atoms with Gasteiger partial charge in [-0.05, 0) is 13.8 Å². The molecular formula is C10H16O4. The first kappa shape index (κ1) is 12.7. The van der Waals surface area contributed by atoms with Gasteiger partial charge in [0.1, 0.15) is 5.76 Å². The number of carbonyl (C=O) groups excluding carboxylic acids is 2. The third-order valence-electron chi connectivity index (χ3n) is 1.34. The summed E-state index contributed by atoms with van der Waals surface area (Å²) in [6.07, 6.45) is 1.16. The smallest absolute Gasteiger partial charge is 0.334 e. The Bertz CT molecular complexity index is 241. The van der Waals surface area contributed by atoms with E-state index >= 15 is 0 Å². The van der Waals surface area contributed by atoms with Crippen molar-refractivity contribution >= 4 is 11.9 Å². The Labute approximate surface area is 83.9 Å². The fourth-order valence-electron chi connectivity index (χ4n) is 0.656. The van der Waals surface area contributed by atoms with Crippen LogP contribution in [0.25, 0.3) is 0 Å². The van der Waals surface area contributed by atoms with Gasteiger partial charge in [0.05, 0.1) is 18.6 Å². The van der Waals surface area contributed by atoms with Crippen LogP contribution in [0.4, 0.5) is 0 Å². The Morgan fingerprint density at radius 3 is 2.36 bits per heavy atom. The number of rotatable bonds is 4. The summed E-state index contributed by atoms with van der Waals surface area (Å²) in [4.78, 5) is 22.0. The molecule has 0 fully saturated rings. The lowest BCUT2D eigenvalue weighted by Gasteiger charge is -2.06. The van der Waals surface area contributed by atoms with Crippen molar-refractivity contribution in [2.75, 3.05) is 6.61 Å². The van der Waals surface area contributed by atoms with Gasteiger partial charge in [0.2, 0.25) is 0 Å². The molecule has 0 bridgehead atoms. The van der Waals surface area contributed by atoms with Gasteiger partial charge in [-0.25, -0.2) is 4.79 Å². The Morgan fingerprint density at radius 1 is 1.36 bits per heavy atom. The Morgan fingerprint density at radius 2 is 1.93 bits per heavy atom. The number of hydrogen-bond donors (Lipinski definition) is 0. The minimum Gasteiger partial charge on any atom is -0.463 e. The van der Waals surface area contributed by atoms with E-state index in [1.807, 2.05) is 0 Å². The summed E-state index contributed by atoms with van der Waals surface area (Å²) >= 11 is 0. The lowest BCUT2D eigenvalue weighted by Crippen LogP contribution is -2.11. The van der Waals surface area contributed by atoms with Crippen LogP contribution in [0.2, 0.25) is 0 Å². The first-order valence-electron chi connectivity index (χ1n) is 4.54. The first-order chi connectivity index (χ1) is 6.47. The van der Waals surface area contributed by atoms with E-state index in [2.05, 4.69) is 4.74 Å². The maximum absolute atomic E-state index is 11.1. The molecule has 0 heterocycles. The Kier molecular flexibility index (Phi) is 5.60. The van der Waals surface area contributed by atoms with Gasteiger partial charge in [0, 0.05) is 0 Å². The van der Waals surface area contributed by atoms with Crippen molar-refractivity contribution in [3.8, 4) is 0 Å². The summed E-state index contributed by atoms with van der Waals surface area (Å²) in [5, 5.41) is 0. The van der Waals surface area contributed by atoms with Gasteiger partial charge in [-0.1, -0.05) is 13.8 Å². The van der Waals surface area contributed by atoms with E-state index in [0.717, 1.165) is 6.08 Å². The molecule has 4 nitrogen and oxygen atoms in total. The fraction of sp³-hybridized carbons (Fsp3) is 0.600. The lowest BCUT2D eigenvalue weighted by atomic mass is 10.2. The van der Waals surface area contributed by atoms with Crippen LogP contribution in [0, 0.1) is 5.92 Å². The molecule has 14 heavy (non-hydrogen) atoms. The standard InChI is InChI=1S/C10H16O4/c1-5-13-9(11)6-8(4)14-10(12)7(2)3/h6-7H,5H2,1-4H3/b8-6+. The summed E-state index contributed by atoms with van der Waals surface area (Å²) in [6, 6.07) is 0. The van der Waals surface area contributed by atoms with Gasteiger partial charge in [-0.2, -0.15) is 0 Å². The predicted octanol–water partition coefficient (Wildman–Crippen LogP) is 1.65. The second-order valence-electron chi connectivity index (χ2n) is 3.08. The van der Waals surface area contributed by atoms with Crippen molar-refractivity contribution in [2.45, 2.75) is 27.7 Å². The number of hydrogen-bond acceptors (Lipinski definition) is 4. The molecule has 0 saturated heterocycles. The van der Waals surface area contributed by atoms with E-state index in [1.165, 1.54) is 6.92 Å². The highest BCUT2D eigenvalue weighted by Crippen LogP contribution is 2.03. The highest BCUT2D eigenvalue weighted by molar-refractivity contribution is 5.83. The summed E-state index contributed by atoms with van der Waals surface area (Å²) in [5.41, 5.74) is 0. The molecule has 0 aliphatic heterocycles. The van der Waals surface area contributed by atoms with Gasteiger partial charge in [0.15, 0.2) is 0 Å². The molecule has 0 N–H and O–H groups in total. The molecule has 0 unspecified atom stereocenters. The molecule has 0 saturated carbocycles. The lowest BCUT2D eigenvalue weighted by molar-refractivity contribution is -0.143. The van der Waals surface area contributed by atoms with Crippen LogP contribution in [-0.2, 0) is 19.1 Å². The molecule has 0 amide bonds. The van der Waals surface area contributed by atoms with E-state index < -0.39 is 5.97 Å². The zero-order valence-corrected chi connectivity index (χ0v) is 8.99. The van der Waals surface area contributed by atoms with Gasteiger partial charge < -0.3 is 9.47 Å². The molecular weight excluding hydrogens is 184 g/mol. The molecule has 80 valence electrons. The molecule has 0 aliphatic carbocycles. The van der Waals surface area contributed by atoms with Gasteiger partial charge in [0.25, 0.3) is 0 Å². The van der Waals surface area contributed by atoms with Crippen LogP contribution in [0.5, 0.6) is 0 Å². The molecule has 0 atom stereocenters. The highest BCUT2D eigenvalue weighted by atomic mass is 16.5. The number of esters is 2. The Hall–Kier alpha value is -1.32. The van der Waals surface area contributed by atoms with E-state index in [4.69, 9.17) is 4.74 Å². The van der Waals surface area contributed by atoms with Crippen molar-refractivity contribution in [2.24, 2.45) is 5.92 Å². The maximum Gasteiger partial charge on any atom is 0.334 e. The van der Waals surface area contributed by atoms with Crippen molar-refractivity contribution in [1.82, 2.24) is 0 Å². The fourth-order valence-corrected chi connectivity index (χ4v) is 0.656. The first-order valence-corrected chi connectivity index (χ1v) is 4.54. The van der Waals surface area contributed by atoms with E-state index in [-0.39, 0.29) is 17.6 Å². The van der Waals surface area contributed by atoms with Crippen LogP contribution in [0.1, 0.15) is 27.7 Å². The van der Waals surface area contributed by atoms with Crippen molar-refractivity contribution < 1.29 is 19.1 Å². The predicted molar refractivity (Wildman–Crippen MR) is 51.3 cm³/mol. The molecule has 0 aromatic heterocycles. The third kappa shape index (κ3) is 5.35. The maximum atomic E-state index is 11.1. The summed E-state index contributed by atoms with van der Waals surface area (Å²) in [5.74, 6) is -0.813. The summed E-state index contributed by atoms with van der Waals surface area (Å²) < 4.78 is 9.50. The van der Waals surface area contributed by atoms with Crippen molar-refractivity contribution in [3.05, 3.63) is 11.8 Å². The molecule has 0 radical (unpaired) electrons. The van der Waals surface area contributed by atoms with Crippen LogP contribution < -0.4 is 0 Å². The largest absolute Gasteiger partial charge is 0.463 e. The summed E-state index contributed by atoms with van der Waals surface area (Å²) in [7, 11) is 0. The molecule has 0 aromatic carbocycles. The van der Waals surface area contributed by atoms with Gasteiger partial charge >= 0.3 is 11.9 Å². The van der Waals surface area contributed by atoms with Crippen LogP contribution in [0.3, 0.4) is 0 Å². The zero-order valence-electron chi connectivity index (χ0n) is 8.99. The van der Waals surface area contributed by atoms with Crippen molar-refractivity contribution in [3.63, 3.8) is 0 Å².